The molecule has 3 rings (SSSR count). The summed E-state index contributed by atoms with van der Waals surface area (Å²) < 4.78 is 1.08. The van der Waals surface area contributed by atoms with Crippen molar-refractivity contribution in [3.8, 4) is 0 Å². The highest BCUT2D eigenvalue weighted by atomic mass is 32.1. The quantitative estimate of drug-likeness (QED) is 0.844. The van der Waals surface area contributed by atoms with E-state index in [0.717, 1.165) is 33.8 Å². The number of nitrogens with two attached hydrogens (primary N) is 1. The van der Waals surface area contributed by atoms with Crippen molar-refractivity contribution in [1.82, 2.24) is 10.3 Å². The molecule has 1 aromatic carbocycles. The molecule has 6 heteroatoms. The molecule has 0 atom stereocenters. The van der Waals surface area contributed by atoms with E-state index in [4.69, 9.17) is 5.73 Å². The highest BCUT2D eigenvalue weighted by Gasteiger charge is 2.23. The van der Waals surface area contributed by atoms with E-state index in [2.05, 4.69) is 10.3 Å². The van der Waals surface area contributed by atoms with Crippen LogP contribution in [0.15, 0.2) is 12.1 Å². The van der Waals surface area contributed by atoms with Crippen molar-refractivity contribution in [3.05, 3.63) is 17.1 Å². The number of hydrogen-bond acceptors (Lipinski definition) is 5. The minimum atomic E-state index is 0.0453. The molecule has 5 nitrogen and oxygen atoms in total. The number of aryl methyl sites for hydroxylation is 1. The summed E-state index contributed by atoms with van der Waals surface area (Å²) in [5.74, 6) is 0.0453. The number of nitrogens with zero attached hydrogens (tertiary/aromatic N) is 2. The number of rotatable bonds is 4. The fourth-order valence-electron chi connectivity index (χ4n) is 2.23. The summed E-state index contributed by atoms with van der Waals surface area (Å²) in [6.07, 6.45) is 2.20. The molecule has 1 amide bonds. The van der Waals surface area contributed by atoms with Crippen molar-refractivity contribution < 1.29 is 4.79 Å². The first-order chi connectivity index (χ1) is 9.52. The smallest absolute Gasteiger partial charge is 0.239 e. The molecule has 0 bridgehead atoms. The number of hydrogen-bond donors (Lipinski definition) is 2. The van der Waals surface area contributed by atoms with Crippen molar-refractivity contribution in [2.24, 2.45) is 0 Å². The average molecular weight is 290 g/mol. The Morgan fingerprint density at radius 1 is 1.55 bits per heavy atom. The topological polar surface area (TPSA) is 71.2 Å². The lowest BCUT2D eigenvalue weighted by Gasteiger charge is -2.20. The highest BCUT2D eigenvalue weighted by Crippen LogP contribution is 2.31. The minimum absolute atomic E-state index is 0.0453. The molecule has 20 heavy (non-hydrogen) atoms. The van der Waals surface area contributed by atoms with Gasteiger partial charge in [0.15, 0.2) is 0 Å². The third kappa shape index (κ3) is 2.70. The van der Waals surface area contributed by atoms with Gasteiger partial charge in [0.2, 0.25) is 5.91 Å². The number of benzene rings is 1. The van der Waals surface area contributed by atoms with Gasteiger partial charge in [0, 0.05) is 13.1 Å². The second kappa shape index (κ2) is 4.94. The Labute approximate surface area is 121 Å². The van der Waals surface area contributed by atoms with Gasteiger partial charge in [0.05, 0.1) is 33.1 Å². The maximum absolute atomic E-state index is 11.8. The Kier molecular flexibility index (Phi) is 3.25. The molecule has 2 aromatic rings. The van der Waals surface area contributed by atoms with Crippen LogP contribution in [0, 0.1) is 6.92 Å². The molecule has 0 radical (unpaired) electrons. The molecule has 1 heterocycles. The lowest BCUT2D eigenvalue weighted by Crippen LogP contribution is -2.36. The van der Waals surface area contributed by atoms with Crippen LogP contribution in [0.3, 0.4) is 0 Å². The molecule has 0 saturated heterocycles. The number of nitrogens with one attached hydrogen (secondary N) is 1. The van der Waals surface area contributed by atoms with Crippen LogP contribution in [0.4, 0.5) is 11.4 Å². The molecule has 3 N–H and O–H groups in total. The number of anilines is 2. The van der Waals surface area contributed by atoms with Gasteiger partial charge < -0.3 is 16.0 Å². The van der Waals surface area contributed by atoms with Gasteiger partial charge in [0.1, 0.15) is 0 Å². The number of carbonyl (C=O) groups excluding carboxylic acids is 1. The van der Waals surface area contributed by atoms with Gasteiger partial charge in [0.25, 0.3) is 0 Å². The van der Waals surface area contributed by atoms with Crippen molar-refractivity contribution in [3.63, 3.8) is 0 Å². The second-order valence-electron chi connectivity index (χ2n) is 5.31. The zero-order valence-electron chi connectivity index (χ0n) is 11.6. The second-order valence-corrected chi connectivity index (χ2v) is 6.54. The molecule has 1 aromatic heterocycles. The molecule has 0 spiro atoms. The maximum Gasteiger partial charge on any atom is 0.239 e. The first-order valence-electron chi connectivity index (χ1n) is 6.70. The third-order valence-electron chi connectivity index (χ3n) is 3.38. The Bertz CT molecular complexity index is 662. The molecular weight excluding hydrogens is 272 g/mol. The van der Waals surface area contributed by atoms with E-state index in [-0.39, 0.29) is 5.91 Å². The summed E-state index contributed by atoms with van der Waals surface area (Å²) in [4.78, 5) is 18.2. The zero-order chi connectivity index (χ0) is 14.3. The van der Waals surface area contributed by atoms with Crippen molar-refractivity contribution in [2.75, 3.05) is 24.2 Å². The Morgan fingerprint density at radius 2 is 2.30 bits per heavy atom. The van der Waals surface area contributed by atoms with Crippen molar-refractivity contribution in [1.29, 1.82) is 0 Å². The van der Waals surface area contributed by atoms with Crippen LogP contribution < -0.4 is 16.0 Å². The van der Waals surface area contributed by atoms with Gasteiger partial charge in [-0.25, -0.2) is 4.98 Å². The lowest BCUT2D eigenvalue weighted by molar-refractivity contribution is -0.119. The standard InChI is InChI=1S/C14H18N4OS/c1-8-16-11-6-12(10(15)5-13(11)20-8)18(2)7-14(19)17-9-3-4-9/h5-6,9H,3-4,7,15H2,1-2H3,(H,17,19). The highest BCUT2D eigenvalue weighted by molar-refractivity contribution is 7.18. The zero-order valence-corrected chi connectivity index (χ0v) is 12.5. The summed E-state index contributed by atoms with van der Waals surface area (Å²) >= 11 is 1.63. The SMILES string of the molecule is Cc1nc2cc(N(C)CC(=O)NC3CC3)c(N)cc2s1. The molecule has 1 fully saturated rings. The molecule has 0 unspecified atom stereocenters. The summed E-state index contributed by atoms with van der Waals surface area (Å²) in [6.45, 7) is 2.29. The number of aromatic nitrogens is 1. The van der Waals surface area contributed by atoms with Gasteiger partial charge in [-0.15, -0.1) is 11.3 Å². The average Bonchev–Trinajstić information content (AvgIpc) is 3.08. The Balaban J connectivity index is 1.80. The van der Waals surface area contributed by atoms with Crippen molar-refractivity contribution >= 4 is 38.8 Å². The summed E-state index contributed by atoms with van der Waals surface area (Å²) in [6, 6.07) is 4.28. The molecule has 0 aliphatic heterocycles. The van der Waals surface area contributed by atoms with Gasteiger partial charge >= 0.3 is 0 Å². The van der Waals surface area contributed by atoms with E-state index in [1.54, 1.807) is 11.3 Å². The van der Waals surface area contributed by atoms with Crippen LogP contribution in [0.2, 0.25) is 0 Å². The number of likely N-dealkylation sites (N-methyl/N-ethyl adjacent to an activating group) is 1. The number of fused-ring (bicyclic) bond motifs is 1. The first-order valence-corrected chi connectivity index (χ1v) is 7.52. The van der Waals surface area contributed by atoms with Gasteiger partial charge in [-0.05, 0) is 31.9 Å². The number of thiazole rings is 1. The van der Waals surface area contributed by atoms with Crippen LogP contribution in [-0.2, 0) is 4.79 Å². The largest absolute Gasteiger partial charge is 0.397 e. The molecule has 1 aliphatic carbocycles. The van der Waals surface area contributed by atoms with E-state index >= 15 is 0 Å². The van der Waals surface area contributed by atoms with E-state index < -0.39 is 0 Å². The normalized spacial score (nSPS) is 14.5. The fraction of sp³-hybridized carbons (Fsp3) is 0.429. The van der Waals surface area contributed by atoms with Crippen LogP contribution in [-0.4, -0.2) is 30.5 Å². The van der Waals surface area contributed by atoms with Gasteiger partial charge in [-0.3, -0.25) is 4.79 Å². The minimum Gasteiger partial charge on any atom is -0.397 e. The number of carbonyl (C=O) groups is 1. The first kappa shape index (κ1) is 13.2. The maximum atomic E-state index is 11.8. The molecular formula is C14H18N4OS. The monoisotopic (exact) mass is 290 g/mol. The van der Waals surface area contributed by atoms with Crippen LogP contribution in [0.1, 0.15) is 17.8 Å². The number of nitrogen functional groups attached to an aromatic ring is 1. The lowest BCUT2D eigenvalue weighted by atomic mass is 10.2. The van der Waals surface area contributed by atoms with Crippen molar-refractivity contribution in [2.45, 2.75) is 25.8 Å². The Morgan fingerprint density at radius 3 is 3.00 bits per heavy atom. The van der Waals surface area contributed by atoms with E-state index in [1.165, 1.54) is 0 Å². The van der Waals surface area contributed by atoms with E-state index in [9.17, 15) is 4.79 Å². The summed E-state index contributed by atoms with van der Waals surface area (Å²) in [5.41, 5.74) is 8.57. The summed E-state index contributed by atoms with van der Waals surface area (Å²) in [7, 11) is 1.88. The van der Waals surface area contributed by atoms with Crippen LogP contribution >= 0.6 is 11.3 Å². The molecule has 106 valence electrons. The molecule has 1 aliphatic rings. The summed E-state index contributed by atoms with van der Waals surface area (Å²) in [5, 5.41) is 4.00. The van der Waals surface area contributed by atoms with Crippen LogP contribution in [0.25, 0.3) is 10.2 Å². The van der Waals surface area contributed by atoms with Gasteiger partial charge in [-0.2, -0.15) is 0 Å². The van der Waals surface area contributed by atoms with Crippen LogP contribution in [0.5, 0.6) is 0 Å². The fourth-order valence-corrected chi connectivity index (χ4v) is 3.08. The predicted octanol–water partition coefficient (Wildman–Crippen LogP) is 1.90. The van der Waals surface area contributed by atoms with Gasteiger partial charge in [-0.1, -0.05) is 0 Å². The van der Waals surface area contributed by atoms with E-state index in [0.29, 0.717) is 18.3 Å². The predicted molar refractivity (Wildman–Crippen MR) is 83.2 cm³/mol. The number of amides is 1. The molecule has 1 saturated carbocycles. The van der Waals surface area contributed by atoms with E-state index in [1.807, 2.05) is 31.0 Å². The third-order valence-corrected chi connectivity index (χ3v) is 4.31. The Hall–Kier alpha value is -1.82.